The molecule has 0 atom stereocenters. The molecule has 3 aromatic rings. The van der Waals surface area contributed by atoms with E-state index in [1.54, 1.807) is 0 Å². The zero-order valence-corrected chi connectivity index (χ0v) is 18.3. The number of alkyl halides is 3. The molecular formula is C17H13ClF3N5O3S2. The van der Waals surface area contributed by atoms with Gasteiger partial charge in [-0.25, -0.2) is 18.1 Å². The summed E-state index contributed by atoms with van der Waals surface area (Å²) in [5, 5.41) is 2.45. The van der Waals surface area contributed by atoms with Crippen LogP contribution in [0.5, 0.6) is 0 Å². The summed E-state index contributed by atoms with van der Waals surface area (Å²) in [6, 6.07) is 4.23. The Hall–Kier alpha value is -2.64. The van der Waals surface area contributed by atoms with Gasteiger partial charge in [-0.1, -0.05) is 29.9 Å². The summed E-state index contributed by atoms with van der Waals surface area (Å²) in [6.07, 6.45) is -2.08. The molecule has 0 radical (unpaired) electrons. The van der Waals surface area contributed by atoms with Crippen LogP contribution in [-0.4, -0.2) is 39.8 Å². The van der Waals surface area contributed by atoms with E-state index in [4.69, 9.17) is 11.6 Å². The van der Waals surface area contributed by atoms with Gasteiger partial charge in [-0.2, -0.15) is 23.3 Å². The molecule has 0 saturated heterocycles. The predicted molar refractivity (Wildman–Crippen MR) is 106 cm³/mol. The van der Waals surface area contributed by atoms with Gasteiger partial charge in [0.05, 0.1) is 16.3 Å². The molecule has 14 heteroatoms. The molecule has 0 aliphatic heterocycles. The number of hydrogen-bond donors (Lipinski definition) is 0. The van der Waals surface area contributed by atoms with Crippen molar-refractivity contribution in [3.8, 4) is 11.3 Å². The van der Waals surface area contributed by atoms with Crippen LogP contribution >= 0.6 is 22.9 Å². The molecule has 0 aromatic carbocycles. The number of rotatable bonds is 4. The summed E-state index contributed by atoms with van der Waals surface area (Å²) in [5.41, 5.74) is 0.0931. The maximum Gasteiger partial charge on any atom is 0.445 e. The van der Waals surface area contributed by atoms with Gasteiger partial charge >= 0.3 is 6.18 Å². The number of aryl methyl sites for hydroxylation is 1. The van der Waals surface area contributed by atoms with Crippen LogP contribution in [0.3, 0.4) is 0 Å². The lowest BCUT2D eigenvalue weighted by atomic mass is 10.2. The Balaban J connectivity index is 2.15. The Labute approximate surface area is 183 Å². The van der Waals surface area contributed by atoms with Crippen LogP contribution in [0, 0.1) is 0 Å². The van der Waals surface area contributed by atoms with Crippen LogP contribution in [0.2, 0.25) is 5.02 Å². The molecule has 0 saturated carbocycles. The second-order valence-electron chi connectivity index (χ2n) is 6.06. The smallest absolute Gasteiger partial charge is 0.265 e. The van der Waals surface area contributed by atoms with Crippen molar-refractivity contribution in [2.24, 2.45) is 12.0 Å². The number of carbonyl (C=O) groups excluding carboxylic acids is 1. The lowest BCUT2D eigenvalue weighted by Gasteiger charge is -2.08. The fraction of sp³-hybridized carbons (Fsp3) is 0.235. The fourth-order valence-electron chi connectivity index (χ4n) is 2.40. The van der Waals surface area contributed by atoms with Crippen LogP contribution in [-0.2, 0) is 23.1 Å². The summed E-state index contributed by atoms with van der Waals surface area (Å²) in [4.78, 5) is 23.5. The first-order valence-corrected chi connectivity index (χ1v) is 11.3. The van der Waals surface area contributed by atoms with Crippen molar-refractivity contribution in [3.05, 3.63) is 51.1 Å². The molecular weight excluding hydrogens is 479 g/mol. The van der Waals surface area contributed by atoms with Gasteiger partial charge in [-0.05, 0) is 18.2 Å². The molecule has 3 rings (SSSR count). The molecule has 3 heterocycles. The second kappa shape index (κ2) is 8.48. The Morgan fingerprint density at radius 1 is 1.29 bits per heavy atom. The van der Waals surface area contributed by atoms with E-state index in [-0.39, 0.29) is 27.5 Å². The zero-order chi connectivity index (χ0) is 23.0. The fourth-order valence-corrected chi connectivity index (χ4v) is 4.37. The van der Waals surface area contributed by atoms with Crippen molar-refractivity contribution in [3.63, 3.8) is 0 Å². The van der Waals surface area contributed by atoms with Gasteiger partial charge in [0, 0.05) is 30.0 Å². The Morgan fingerprint density at radius 3 is 2.58 bits per heavy atom. The van der Waals surface area contributed by atoms with Crippen molar-refractivity contribution >= 4 is 38.7 Å². The number of hydrogen-bond acceptors (Lipinski definition) is 7. The first-order chi connectivity index (χ1) is 14.4. The van der Waals surface area contributed by atoms with E-state index in [1.165, 1.54) is 44.6 Å². The van der Waals surface area contributed by atoms with E-state index in [2.05, 4.69) is 20.1 Å². The van der Waals surface area contributed by atoms with Crippen molar-refractivity contribution in [1.82, 2.24) is 19.7 Å². The average molecular weight is 492 g/mol. The molecule has 1 amide bonds. The largest absolute Gasteiger partial charge is 0.445 e. The van der Waals surface area contributed by atoms with Gasteiger partial charge in [0.25, 0.3) is 5.91 Å². The van der Waals surface area contributed by atoms with E-state index in [1.807, 2.05) is 0 Å². The van der Waals surface area contributed by atoms with Crippen LogP contribution in [0.1, 0.15) is 22.4 Å². The van der Waals surface area contributed by atoms with Crippen molar-refractivity contribution < 1.29 is 26.4 Å². The van der Waals surface area contributed by atoms with Crippen LogP contribution in [0.15, 0.2) is 40.5 Å². The molecule has 0 aliphatic rings. The molecule has 0 fully saturated rings. The van der Waals surface area contributed by atoms with Gasteiger partial charge in [-0.3, -0.25) is 9.78 Å². The van der Waals surface area contributed by atoms with Gasteiger partial charge in [0.15, 0.2) is 9.84 Å². The van der Waals surface area contributed by atoms with E-state index >= 15 is 0 Å². The normalized spacial score (nSPS) is 12.9. The standard InChI is InChI=1S/C17H13ClF3N5O3S2/c1-3-31(28,29)12-6-9(11-7-10(18)4-5-22-11)8-23-13(12)14(27)24-16-26(2)25-15(30-16)17(19,20)21/h4-8H,3H2,1-2H3. The predicted octanol–water partition coefficient (Wildman–Crippen LogP) is 3.15. The lowest BCUT2D eigenvalue weighted by Crippen LogP contribution is -2.18. The highest BCUT2D eigenvalue weighted by Crippen LogP contribution is 2.29. The number of sulfone groups is 1. The van der Waals surface area contributed by atoms with E-state index in [0.717, 1.165) is 4.68 Å². The Bertz CT molecular complexity index is 1330. The molecule has 31 heavy (non-hydrogen) atoms. The minimum atomic E-state index is -4.71. The number of pyridine rings is 2. The van der Waals surface area contributed by atoms with Gasteiger partial charge in [-0.15, -0.1) is 0 Å². The van der Waals surface area contributed by atoms with E-state index < -0.39 is 37.5 Å². The number of amides is 1. The molecule has 0 bridgehead atoms. The highest BCUT2D eigenvalue weighted by Gasteiger charge is 2.35. The van der Waals surface area contributed by atoms with Gasteiger partial charge in [0.2, 0.25) is 9.81 Å². The number of nitrogens with zero attached hydrogens (tertiary/aromatic N) is 5. The highest BCUT2D eigenvalue weighted by molar-refractivity contribution is 7.91. The molecule has 164 valence electrons. The van der Waals surface area contributed by atoms with Crippen molar-refractivity contribution in [2.45, 2.75) is 18.0 Å². The SMILES string of the molecule is CCS(=O)(=O)c1cc(-c2cc(Cl)ccn2)cnc1C(=O)N=c1sc(C(F)(F)F)nn1C. The average Bonchev–Trinajstić information content (AvgIpc) is 3.08. The lowest BCUT2D eigenvalue weighted by molar-refractivity contribution is -0.138. The first kappa shape index (κ1) is 23.0. The summed E-state index contributed by atoms with van der Waals surface area (Å²) >= 11 is 6.09. The highest BCUT2D eigenvalue weighted by atomic mass is 35.5. The minimum Gasteiger partial charge on any atom is -0.265 e. The number of carbonyl (C=O) groups is 1. The van der Waals surface area contributed by atoms with Gasteiger partial charge in [0.1, 0.15) is 5.69 Å². The zero-order valence-electron chi connectivity index (χ0n) is 15.9. The maximum atomic E-state index is 12.8. The third-order valence-corrected chi connectivity index (χ3v) is 6.95. The summed E-state index contributed by atoms with van der Waals surface area (Å²) < 4.78 is 64.5. The third-order valence-electron chi connectivity index (χ3n) is 3.93. The van der Waals surface area contributed by atoms with Crippen molar-refractivity contribution in [1.29, 1.82) is 0 Å². The third kappa shape index (κ3) is 4.99. The monoisotopic (exact) mass is 491 g/mol. The van der Waals surface area contributed by atoms with Crippen LogP contribution < -0.4 is 4.80 Å². The quantitative estimate of drug-likeness (QED) is 0.555. The van der Waals surface area contributed by atoms with Crippen molar-refractivity contribution in [2.75, 3.05) is 5.75 Å². The molecule has 0 aliphatic carbocycles. The molecule has 3 aromatic heterocycles. The summed E-state index contributed by atoms with van der Waals surface area (Å²) in [6.45, 7) is 1.38. The van der Waals surface area contributed by atoms with E-state index in [0.29, 0.717) is 10.7 Å². The summed E-state index contributed by atoms with van der Waals surface area (Å²) in [5.74, 6) is -1.46. The van der Waals surface area contributed by atoms with Crippen LogP contribution in [0.25, 0.3) is 11.3 Å². The molecule has 8 nitrogen and oxygen atoms in total. The number of halogens is 4. The Kier molecular flexibility index (Phi) is 6.30. The number of aromatic nitrogens is 4. The Morgan fingerprint density at radius 2 is 2.00 bits per heavy atom. The second-order valence-corrected chi connectivity index (χ2v) is 9.70. The minimum absolute atomic E-state index is 0.148. The van der Waals surface area contributed by atoms with Crippen LogP contribution in [0.4, 0.5) is 13.2 Å². The maximum absolute atomic E-state index is 12.8. The van der Waals surface area contributed by atoms with Gasteiger partial charge < -0.3 is 0 Å². The molecule has 0 spiro atoms. The first-order valence-electron chi connectivity index (χ1n) is 8.47. The summed E-state index contributed by atoms with van der Waals surface area (Å²) in [7, 11) is -2.75. The topological polar surface area (TPSA) is 107 Å². The molecule has 0 unspecified atom stereocenters. The molecule has 0 N–H and O–H groups in total. The van der Waals surface area contributed by atoms with E-state index in [9.17, 15) is 26.4 Å².